The third kappa shape index (κ3) is 4.18. The molecule has 2 nitrogen and oxygen atoms in total. The van der Waals surface area contributed by atoms with Gasteiger partial charge in [0.2, 0.25) is 0 Å². The SMILES string of the molecule is C=C(C)c1cc(NCC(F)(F)F)cc(C(C)(C)C)c1N. The van der Waals surface area contributed by atoms with E-state index in [0.717, 1.165) is 11.1 Å². The number of alkyl halides is 3. The van der Waals surface area contributed by atoms with Crippen LogP contribution in [-0.4, -0.2) is 12.7 Å². The first-order chi connectivity index (χ1) is 8.92. The molecule has 0 heterocycles. The summed E-state index contributed by atoms with van der Waals surface area (Å²) in [4.78, 5) is 0. The fraction of sp³-hybridized carbons (Fsp3) is 0.467. The quantitative estimate of drug-likeness (QED) is 0.798. The molecule has 112 valence electrons. The highest BCUT2D eigenvalue weighted by molar-refractivity contribution is 5.79. The Labute approximate surface area is 117 Å². The van der Waals surface area contributed by atoms with Crippen molar-refractivity contribution in [1.82, 2.24) is 0 Å². The number of anilines is 2. The van der Waals surface area contributed by atoms with E-state index in [4.69, 9.17) is 5.73 Å². The van der Waals surface area contributed by atoms with Crippen LogP contribution in [0.25, 0.3) is 5.57 Å². The minimum atomic E-state index is -4.26. The van der Waals surface area contributed by atoms with E-state index in [1.165, 1.54) is 0 Å². The van der Waals surface area contributed by atoms with Gasteiger partial charge < -0.3 is 11.1 Å². The summed E-state index contributed by atoms with van der Waals surface area (Å²) < 4.78 is 36.9. The average molecular weight is 286 g/mol. The second-order valence-electron chi connectivity index (χ2n) is 5.98. The molecule has 0 bridgehead atoms. The first-order valence-corrected chi connectivity index (χ1v) is 6.32. The smallest absolute Gasteiger partial charge is 0.398 e. The van der Waals surface area contributed by atoms with Gasteiger partial charge in [0.15, 0.2) is 0 Å². The fourth-order valence-corrected chi connectivity index (χ4v) is 1.93. The van der Waals surface area contributed by atoms with Crippen LogP contribution in [0, 0.1) is 0 Å². The van der Waals surface area contributed by atoms with E-state index < -0.39 is 12.7 Å². The van der Waals surface area contributed by atoms with E-state index in [1.54, 1.807) is 19.1 Å². The lowest BCUT2D eigenvalue weighted by Gasteiger charge is -2.25. The van der Waals surface area contributed by atoms with Crippen molar-refractivity contribution in [1.29, 1.82) is 0 Å². The van der Waals surface area contributed by atoms with Crippen LogP contribution in [0.5, 0.6) is 0 Å². The molecule has 0 amide bonds. The second kappa shape index (κ2) is 5.38. The van der Waals surface area contributed by atoms with Gasteiger partial charge in [-0.15, -0.1) is 0 Å². The normalized spacial score (nSPS) is 12.3. The highest BCUT2D eigenvalue weighted by Gasteiger charge is 2.27. The summed E-state index contributed by atoms with van der Waals surface area (Å²) in [7, 11) is 0. The van der Waals surface area contributed by atoms with Crippen LogP contribution in [0.2, 0.25) is 0 Å². The van der Waals surface area contributed by atoms with Gasteiger partial charge in [-0.05, 0) is 35.6 Å². The van der Waals surface area contributed by atoms with Crippen molar-refractivity contribution in [2.45, 2.75) is 39.3 Å². The fourth-order valence-electron chi connectivity index (χ4n) is 1.93. The summed E-state index contributed by atoms with van der Waals surface area (Å²) in [5.41, 5.74) is 9.04. The highest BCUT2D eigenvalue weighted by Crippen LogP contribution is 2.35. The molecule has 0 aliphatic rings. The minimum Gasteiger partial charge on any atom is -0.398 e. The molecular weight excluding hydrogens is 265 g/mol. The average Bonchev–Trinajstić information content (AvgIpc) is 2.24. The zero-order valence-electron chi connectivity index (χ0n) is 12.3. The summed E-state index contributed by atoms with van der Waals surface area (Å²) in [6.45, 7) is 10.4. The Morgan fingerprint density at radius 1 is 1.25 bits per heavy atom. The first kappa shape index (κ1) is 16.4. The number of rotatable bonds is 3. The zero-order chi connectivity index (χ0) is 15.7. The van der Waals surface area contributed by atoms with Gasteiger partial charge >= 0.3 is 6.18 Å². The molecule has 0 aliphatic carbocycles. The topological polar surface area (TPSA) is 38.0 Å². The summed E-state index contributed by atoms with van der Waals surface area (Å²) in [6.07, 6.45) is -4.26. The van der Waals surface area contributed by atoms with Crippen molar-refractivity contribution >= 4 is 16.9 Å². The van der Waals surface area contributed by atoms with Gasteiger partial charge in [-0.25, -0.2) is 0 Å². The Hall–Kier alpha value is -1.65. The Morgan fingerprint density at radius 3 is 2.20 bits per heavy atom. The van der Waals surface area contributed by atoms with Crippen LogP contribution >= 0.6 is 0 Å². The molecular formula is C15H21F3N2. The number of nitrogen functional groups attached to an aromatic ring is 1. The predicted molar refractivity (Wildman–Crippen MR) is 78.8 cm³/mol. The molecule has 0 spiro atoms. The lowest BCUT2D eigenvalue weighted by atomic mass is 9.83. The molecule has 0 aromatic heterocycles. The molecule has 0 saturated carbocycles. The molecule has 1 aromatic carbocycles. The number of benzene rings is 1. The van der Waals surface area contributed by atoms with Gasteiger partial charge in [-0.3, -0.25) is 0 Å². The summed E-state index contributed by atoms with van der Waals surface area (Å²) >= 11 is 0. The summed E-state index contributed by atoms with van der Waals surface area (Å²) in [5.74, 6) is 0. The molecule has 0 saturated heterocycles. The van der Waals surface area contributed by atoms with Crippen LogP contribution in [0.3, 0.4) is 0 Å². The van der Waals surface area contributed by atoms with E-state index in [0.29, 0.717) is 16.9 Å². The monoisotopic (exact) mass is 286 g/mol. The van der Waals surface area contributed by atoms with Crippen LogP contribution < -0.4 is 11.1 Å². The maximum absolute atomic E-state index is 12.3. The number of hydrogen-bond donors (Lipinski definition) is 2. The maximum atomic E-state index is 12.3. The second-order valence-corrected chi connectivity index (χ2v) is 5.98. The molecule has 0 atom stereocenters. The molecule has 0 unspecified atom stereocenters. The molecule has 0 aliphatic heterocycles. The minimum absolute atomic E-state index is 0.260. The number of nitrogens with one attached hydrogen (secondary N) is 1. The van der Waals surface area contributed by atoms with Crippen LogP contribution in [-0.2, 0) is 5.41 Å². The molecule has 1 rings (SSSR count). The van der Waals surface area contributed by atoms with E-state index in [2.05, 4.69) is 11.9 Å². The number of halogens is 3. The van der Waals surface area contributed by atoms with Crippen molar-refractivity contribution in [3.63, 3.8) is 0 Å². The van der Waals surface area contributed by atoms with Gasteiger partial charge in [-0.1, -0.05) is 27.4 Å². The number of hydrogen-bond acceptors (Lipinski definition) is 2. The third-order valence-electron chi connectivity index (χ3n) is 2.94. The zero-order valence-corrected chi connectivity index (χ0v) is 12.3. The molecule has 0 fully saturated rings. The number of nitrogens with two attached hydrogens (primary N) is 1. The maximum Gasteiger partial charge on any atom is 0.405 e. The van der Waals surface area contributed by atoms with Gasteiger partial charge in [0.05, 0.1) is 0 Å². The van der Waals surface area contributed by atoms with E-state index in [-0.39, 0.29) is 5.41 Å². The van der Waals surface area contributed by atoms with E-state index >= 15 is 0 Å². The summed E-state index contributed by atoms with van der Waals surface area (Å²) in [5, 5.41) is 2.40. The van der Waals surface area contributed by atoms with Gasteiger partial charge in [-0.2, -0.15) is 13.2 Å². The van der Waals surface area contributed by atoms with E-state index in [1.807, 2.05) is 20.8 Å². The molecule has 5 heteroatoms. The largest absolute Gasteiger partial charge is 0.405 e. The van der Waals surface area contributed by atoms with Gasteiger partial charge in [0, 0.05) is 16.9 Å². The van der Waals surface area contributed by atoms with Crippen molar-refractivity contribution in [2.75, 3.05) is 17.6 Å². The lowest BCUT2D eigenvalue weighted by molar-refractivity contribution is -0.115. The Kier molecular flexibility index (Phi) is 4.42. The number of allylic oxidation sites excluding steroid dienone is 1. The molecule has 1 aromatic rings. The Morgan fingerprint density at radius 2 is 1.80 bits per heavy atom. The summed E-state index contributed by atoms with van der Waals surface area (Å²) in [6, 6.07) is 3.28. The van der Waals surface area contributed by atoms with Crippen molar-refractivity contribution in [3.8, 4) is 0 Å². The van der Waals surface area contributed by atoms with Gasteiger partial charge in [0.1, 0.15) is 6.54 Å². The van der Waals surface area contributed by atoms with Crippen LogP contribution in [0.1, 0.15) is 38.8 Å². The Bertz CT molecular complexity index is 511. The predicted octanol–water partition coefficient (Wildman–Crippen LogP) is 4.57. The standard InChI is InChI=1S/C15H21F3N2/c1-9(2)11-6-10(20-8-15(16,17)18)7-12(13(11)19)14(3,4)5/h6-7,20H,1,8,19H2,2-5H3. The van der Waals surface area contributed by atoms with Crippen molar-refractivity contribution in [2.24, 2.45) is 0 Å². The van der Waals surface area contributed by atoms with Crippen molar-refractivity contribution in [3.05, 3.63) is 29.8 Å². The van der Waals surface area contributed by atoms with Crippen molar-refractivity contribution < 1.29 is 13.2 Å². The highest BCUT2D eigenvalue weighted by atomic mass is 19.4. The van der Waals surface area contributed by atoms with Crippen LogP contribution in [0.4, 0.5) is 24.5 Å². The molecule has 0 radical (unpaired) electrons. The third-order valence-corrected chi connectivity index (χ3v) is 2.94. The lowest BCUT2D eigenvalue weighted by Crippen LogP contribution is -2.22. The Balaban J connectivity index is 3.27. The van der Waals surface area contributed by atoms with Gasteiger partial charge in [0.25, 0.3) is 0 Å². The first-order valence-electron chi connectivity index (χ1n) is 6.32. The van der Waals surface area contributed by atoms with E-state index in [9.17, 15) is 13.2 Å². The van der Waals surface area contributed by atoms with Crippen LogP contribution in [0.15, 0.2) is 18.7 Å². The molecule has 20 heavy (non-hydrogen) atoms. The molecule has 3 N–H and O–H groups in total.